The molecule has 18 heavy (non-hydrogen) atoms. The van der Waals surface area contributed by atoms with Gasteiger partial charge < -0.3 is 10.2 Å². The molecule has 1 rings (SSSR count). The van der Waals surface area contributed by atoms with Gasteiger partial charge in [-0.25, -0.2) is 9.78 Å². The standard InChI is InChI=1S/C10H12N2O5S/c1-6(2-3-13)18-9-4-7(10(14)15)8(5-11-9)12(16)17/h4-6,13H,2-3H2,1H3,(H,14,15). The maximum Gasteiger partial charge on any atom is 0.342 e. The number of carbonyl (C=O) groups is 1. The van der Waals surface area contributed by atoms with E-state index in [1.165, 1.54) is 17.8 Å². The van der Waals surface area contributed by atoms with E-state index in [1.54, 1.807) is 0 Å². The zero-order chi connectivity index (χ0) is 13.7. The van der Waals surface area contributed by atoms with Crippen molar-refractivity contribution in [3.8, 4) is 0 Å². The molecule has 0 aliphatic heterocycles. The zero-order valence-corrected chi connectivity index (χ0v) is 10.4. The first-order valence-corrected chi connectivity index (χ1v) is 5.99. The Morgan fingerprint density at radius 3 is 2.83 bits per heavy atom. The van der Waals surface area contributed by atoms with Gasteiger partial charge in [0.2, 0.25) is 0 Å². The molecule has 1 unspecified atom stereocenters. The lowest BCUT2D eigenvalue weighted by molar-refractivity contribution is -0.385. The molecule has 98 valence electrons. The van der Waals surface area contributed by atoms with Gasteiger partial charge in [0.25, 0.3) is 0 Å². The summed E-state index contributed by atoms with van der Waals surface area (Å²) in [5, 5.41) is 28.7. The monoisotopic (exact) mass is 272 g/mol. The second-order valence-electron chi connectivity index (χ2n) is 3.54. The lowest BCUT2D eigenvalue weighted by Crippen LogP contribution is -2.05. The third-order valence-electron chi connectivity index (χ3n) is 2.14. The summed E-state index contributed by atoms with van der Waals surface area (Å²) in [6.45, 7) is 1.87. The van der Waals surface area contributed by atoms with Crippen LogP contribution < -0.4 is 0 Å². The van der Waals surface area contributed by atoms with Gasteiger partial charge in [0.05, 0.1) is 9.95 Å². The van der Waals surface area contributed by atoms with E-state index in [9.17, 15) is 14.9 Å². The predicted molar refractivity (Wildman–Crippen MR) is 64.9 cm³/mol. The van der Waals surface area contributed by atoms with E-state index >= 15 is 0 Å². The van der Waals surface area contributed by atoms with Gasteiger partial charge in [-0.3, -0.25) is 10.1 Å². The third-order valence-corrected chi connectivity index (χ3v) is 3.25. The molecular formula is C10H12N2O5S. The Morgan fingerprint density at radius 1 is 1.67 bits per heavy atom. The predicted octanol–water partition coefficient (Wildman–Crippen LogP) is 1.55. The van der Waals surface area contributed by atoms with Gasteiger partial charge in [-0.05, 0) is 12.5 Å². The second kappa shape index (κ2) is 6.31. The number of nitro groups is 1. The fourth-order valence-corrected chi connectivity index (χ4v) is 2.19. The summed E-state index contributed by atoms with van der Waals surface area (Å²) < 4.78 is 0. The summed E-state index contributed by atoms with van der Waals surface area (Å²) in [4.78, 5) is 24.6. The van der Waals surface area contributed by atoms with E-state index in [2.05, 4.69) is 4.98 Å². The number of hydrogen-bond acceptors (Lipinski definition) is 6. The quantitative estimate of drug-likeness (QED) is 0.458. The molecule has 0 radical (unpaired) electrons. The van der Waals surface area contributed by atoms with Crippen molar-refractivity contribution in [2.45, 2.75) is 23.6 Å². The topological polar surface area (TPSA) is 114 Å². The Kier molecular flexibility index (Phi) is 5.05. The highest BCUT2D eigenvalue weighted by molar-refractivity contribution is 7.99. The van der Waals surface area contributed by atoms with Crippen molar-refractivity contribution in [1.82, 2.24) is 4.98 Å². The van der Waals surface area contributed by atoms with Gasteiger partial charge in [0, 0.05) is 11.9 Å². The lowest BCUT2D eigenvalue weighted by Gasteiger charge is -2.08. The summed E-state index contributed by atoms with van der Waals surface area (Å²) >= 11 is 1.26. The summed E-state index contributed by atoms with van der Waals surface area (Å²) in [6, 6.07) is 1.18. The van der Waals surface area contributed by atoms with Crippen molar-refractivity contribution in [3.05, 3.63) is 27.9 Å². The smallest absolute Gasteiger partial charge is 0.342 e. The number of hydrogen-bond donors (Lipinski definition) is 2. The molecule has 0 bridgehead atoms. The minimum Gasteiger partial charge on any atom is -0.477 e. The van der Waals surface area contributed by atoms with Crippen LogP contribution in [-0.4, -0.2) is 37.9 Å². The number of aliphatic hydroxyl groups is 1. The van der Waals surface area contributed by atoms with E-state index in [4.69, 9.17) is 10.2 Å². The molecule has 8 heteroatoms. The van der Waals surface area contributed by atoms with Crippen molar-refractivity contribution < 1.29 is 19.9 Å². The Labute approximate surface area is 107 Å². The molecule has 1 aromatic heterocycles. The van der Waals surface area contributed by atoms with Gasteiger partial charge in [-0.1, -0.05) is 6.92 Å². The van der Waals surface area contributed by atoms with Gasteiger partial charge in [-0.15, -0.1) is 11.8 Å². The fourth-order valence-electron chi connectivity index (χ4n) is 1.26. The van der Waals surface area contributed by atoms with Crippen molar-refractivity contribution in [2.75, 3.05) is 6.61 Å². The molecule has 1 heterocycles. The minimum absolute atomic E-state index is 0.0208. The highest BCUT2D eigenvalue weighted by atomic mass is 32.2. The van der Waals surface area contributed by atoms with E-state index < -0.39 is 16.6 Å². The van der Waals surface area contributed by atoms with Crippen LogP contribution in [-0.2, 0) is 0 Å². The molecule has 0 saturated heterocycles. The Bertz CT molecular complexity index is 466. The summed E-state index contributed by atoms with van der Waals surface area (Å²) in [6.07, 6.45) is 1.48. The van der Waals surface area contributed by atoms with Crippen LogP contribution in [0.4, 0.5) is 5.69 Å². The lowest BCUT2D eigenvalue weighted by atomic mass is 10.2. The number of rotatable bonds is 6. The molecule has 0 aliphatic carbocycles. The number of carboxylic acids is 1. The molecule has 1 atom stereocenters. The number of thioether (sulfide) groups is 1. The number of aromatic nitrogens is 1. The van der Waals surface area contributed by atoms with Gasteiger partial charge in [0.1, 0.15) is 11.8 Å². The van der Waals surface area contributed by atoms with Gasteiger partial charge in [0.15, 0.2) is 0 Å². The summed E-state index contributed by atoms with van der Waals surface area (Å²) in [5.41, 5.74) is -0.907. The molecule has 2 N–H and O–H groups in total. The van der Waals surface area contributed by atoms with E-state index in [-0.39, 0.29) is 17.4 Å². The number of nitrogens with zero attached hydrogens (tertiary/aromatic N) is 2. The summed E-state index contributed by atoms with van der Waals surface area (Å²) in [5.74, 6) is -1.36. The van der Waals surface area contributed by atoms with Crippen LogP contribution in [0, 0.1) is 10.1 Å². The summed E-state index contributed by atoms with van der Waals surface area (Å²) in [7, 11) is 0. The number of aromatic carboxylic acids is 1. The number of carboxylic acid groups (broad SMARTS) is 1. The number of pyridine rings is 1. The fraction of sp³-hybridized carbons (Fsp3) is 0.400. The first-order chi connectivity index (χ1) is 8.45. The molecule has 0 fully saturated rings. The van der Waals surface area contributed by atoms with Crippen LogP contribution in [0.1, 0.15) is 23.7 Å². The minimum atomic E-state index is -1.36. The van der Waals surface area contributed by atoms with Crippen LogP contribution in [0.2, 0.25) is 0 Å². The third kappa shape index (κ3) is 3.67. The van der Waals surface area contributed by atoms with Crippen LogP contribution >= 0.6 is 11.8 Å². The molecule has 0 aliphatic rings. The molecule has 0 saturated carbocycles. The average molecular weight is 272 g/mol. The Morgan fingerprint density at radius 2 is 2.33 bits per heavy atom. The van der Waals surface area contributed by atoms with Crippen molar-refractivity contribution in [3.63, 3.8) is 0 Å². The van der Waals surface area contributed by atoms with Crippen molar-refractivity contribution >= 4 is 23.4 Å². The molecular weight excluding hydrogens is 260 g/mol. The van der Waals surface area contributed by atoms with Crippen molar-refractivity contribution in [2.24, 2.45) is 0 Å². The van der Waals surface area contributed by atoms with Gasteiger partial charge in [-0.2, -0.15) is 0 Å². The molecule has 0 amide bonds. The average Bonchev–Trinajstić information content (AvgIpc) is 2.28. The first-order valence-electron chi connectivity index (χ1n) is 5.11. The van der Waals surface area contributed by atoms with Crippen LogP contribution in [0.25, 0.3) is 0 Å². The largest absolute Gasteiger partial charge is 0.477 e. The molecule has 0 aromatic carbocycles. The van der Waals surface area contributed by atoms with E-state index in [0.29, 0.717) is 11.4 Å². The van der Waals surface area contributed by atoms with E-state index in [0.717, 1.165) is 6.20 Å². The van der Waals surface area contributed by atoms with E-state index in [1.807, 2.05) is 6.92 Å². The normalized spacial score (nSPS) is 12.1. The molecule has 1 aromatic rings. The van der Waals surface area contributed by atoms with Crippen molar-refractivity contribution in [1.29, 1.82) is 0 Å². The maximum atomic E-state index is 10.9. The highest BCUT2D eigenvalue weighted by Crippen LogP contribution is 2.27. The zero-order valence-electron chi connectivity index (χ0n) is 9.57. The second-order valence-corrected chi connectivity index (χ2v) is 5.00. The molecule has 0 spiro atoms. The van der Waals surface area contributed by atoms with Crippen LogP contribution in [0.5, 0.6) is 0 Å². The maximum absolute atomic E-state index is 10.9. The first kappa shape index (κ1) is 14.4. The Hall–Kier alpha value is -1.67. The van der Waals surface area contributed by atoms with Gasteiger partial charge >= 0.3 is 11.7 Å². The Balaban J connectivity index is 3.00. The van der Waals surface area contributed by atoms with Crippen LogP contribution in [0.3, 0.4) is 0 Å². The SMILES string of the molecule is CC(CCO)Sc1cc(C(=O)O)c([N+](=O)[O-])cn1. The molecule has 7 nitrogen and oxygen atoms in total. The number of aliphatic hydroxyl groups excluding tert-OH is 1. The van der Waals surface area contributed by atoms with Crippen LogP contribution in [0.15, 0.2) is 17.3 Å². The highest BCUT2D eigenvalue weighted by Gasteiger charge is 2.21.